The summed E-state index contributed by atoms with van der Waals surface area (Å²) in [5.74, 6) is -7.39. The van der Waals surface area contributed by atoms with Crippen molar-refractivity contribution in [1.29, 1.82) is 10.5 Å². The summed E-state index contributed by atoms with van der Waals surface area (Å²) in [5.41, 5.74) is 7.95. The highest BCUT2D eigenvalue weighted by Crippen LogP contribution is 2.48. The van der Waals surface area contributed by atoms with E-state index in [1.54, 1.807) is 85.0 Å². The van der Waals surface area contributed by atoms with Gasteiger partial charge in [-0.25, -0.2) is 0 Å². The first-order valence-electron chi connectivity index (χ1n) is 39.2. The summed E-state index contributed by atoms with van der Waals surface area (Å²) in [6.07, 6.45) is 17.3. The highest BCUT2D eigenvalue weighted by molar-refractivity contribution is 5.89. The molecule has 19 nitrogen and oxygen atoms in total. The Hall–Kier alpha value is -13.0. The average Bonchev–Trinajstić information content (AvgIpc) is 1.66. The molecule has 0 heterocycles. The minimum Gasteiger partial charge on any atom is -0.490 e. The Morgan fingerprint density at radius 2 is 0.658 bits per heavy atom. The van der Waals surface area contributed by atoms with Gasteiger partial charge >= 0.3 is 35.8 Å². The largest absolute Gasteiger partial charge is 0.490 e. The normalized spacial score (nSPS) is 22.9. The van der Waals surface area contributed by atoms with Crippen molar-refractivity contribution in [1.82, 2.24) is 10.6 Å². The van der Waals surface area contributed by atoms with Gasteiger partial charge in [0, 0.05) is 13.1 Å². The number of carbonyl (C=O) groups is 8. The number of esters is 6. The van der Waals surface area contributed by atoms with Crippen LogP contribution in [0.2, 0.25) is 0 Å². The van der Waals surface area contributed by atoms with Crippen molar-refractivity contribution in [3.63, 3.8) is 0 Å². The number of carbonyl (C=O) groups excluding carboxylic acids is 8. The van der Waals surface area contributed by atoms with Gasteiger partial charge in [-0.2, -0.15) is 10.5 Å². The molecule has 7 aromatic carbocycles. The lowest BCUT2D eigenvalue weighted by molar-refractivity contribution is -0.160. The van der Waals surface area contributed by atoms with Gasteiger partial charge in [-0.1, -0.05) is 195 Å². The molecular weight excluding hydrogens is 1470 g/mol. The minimum absolute atomic E-state index is 0.0471. The molecule has 4 aliphatic rings. The van der Waals surface area contributed by atoms with E-state index in [0.717, 1.165) is 45.4 Å². The zero-order valence-corrected chi connectivity index (χ0v) is 66.7. The molecule has 0 spiro atoms. The van der Waals surface area contributed by atoms with Crippen molar-refractivity contribution in [2.75, 3.05) is 34.0 Å². The van der Waals surface area contributed by atoms with Crippen molar-refractivity contribution in [2.45, 2.75) is 58.8 Å². The van der Waals surface area contributed by atoms with E-state index in [1.165, 1.54) is 14.2 Å². The molecule has 0 aromatic heterocycles. The summed E-state index contributed by atoms with van der Waals surface area (Å²) in [5, 5.41) is 23.7. The predicted octanol–water partition coefficient (Wildman–Crippen LogP) is 16.9. The van der Waals surface area contributed by atoms with Crippen LogP contribution in [-0.4, -0.2) is 81.6 Å². The first-order chi connectivity index (χ1) is 56.8. The first kappa shape index (κ1) is 89.5. The molecular formula is C98H104N4O15. The van der Waals surface area contributed by atoms with Gasteiger partial charge in [0.15, 0.2) is 0 Å². The van der Waals surface area contributed by atoms with Crippen LogP contribution in [0.1, 0.15) is 66.8 Å². The van der Waals surface area contributed by atoms with Crippen LogP contribution in [0.25, 0.3) is 22.3 Å². The second kappa shape index (κ2) is 45.8. The van der Waals surface area contributed by atoms with Crippen molar-refractivity contribution in [2.24, 2.45) is 94.7 Å². The highest BCUT2D eigenvalue weighted by Gasteiger charge is 2.53. The number of ether oxygens (including phenoxy) is 7. The monoisotopic (exact) mass is 1580 g/mol. The number of amides is 2. The predicted molar refractivity (Wildman–Crippen MR) is 449 cm³/mol. The van der Waals surface area contributed by atoms with Crippen molar-refractivity contribution in [3.05, 3.63) is 317 Å². The van der Waals surface area contributed by atoms with Crippen LogP contribution < -0.4 is 20.1 Å². The lowest BCUT2D eigenvalue weighted by Crippen LogP contribution is -2.39. The van der Waals surface area contributed by atoms with Gasteiger partial charge in [-0.05, 0) is 167 Å². The van der Waals surface area contributed by atoms with Crippen molar-refractivity contribution in [3.8, 4) is 45.9 Å². The first-order valence-corrected chi connectivity index (χ1v) is 39.2. The number of rotatable bonds is 31. The SMILES string of the molecule is C=CC1CC(C=C)C(C(=O)OCCOc2ccc(-c3ccc(C#N)cc3)cc2)C1C(=O)OC.C=CC1CC(C=C)C(C(=O)OCc2ccccc2)C1C(=O)NCCC.C=CC1CC(C=C)C(C(=O)OCc2ccccc2)C1C(=O)NCc1ccccc1.C=CC1CC(C=C)C(C(=O)Oc2ccc(-c3ccc(C#N)cc3)cc2)C1C(=O)OC. The van der Waals surface area contributed by atoms with E-state index in [9.17, 15) is 38.4 Å². The van der Waals surface area contributed by atoms with E-state index in [-0.39, 0.29) is 97.5 Å². The molecule has 11 rings (SSSR count). The second-order valence-corrected chi connectivity index (χ2v) is 28.9. The molecule has 16 unspecified atom stereocenters. The Morgan fingerprint density at radius 3 is 1.00 bits per heavy atom. The molecule has 0 radical (unpaired) electrons. The molecule has 606 valence electrons. The maximum atomic E-state index is 13.0. The topological polar surface area (TPSA) is 273 Å². The van der Waals surface area contributed by atoms with Gasteiger partial charge in [0.25, 0.3) is 0 Å². The van der Waals surface area contributed by atoms with Gasteiger partial charge < -0.3 is 43.8 Å². The fraction of sp³-hybridized carbons (Fsp3) is 0.306. The maximum Gasteiger partial charge on any atom is 0.315 e. The summed E-state index contributed by atoms with van der Waals surface area (Å²) in [7, 11) is 2.63. The molecule has 2 amide bonds. The fourth-order valence-corrected chi connectivity index (χ4v) is 15.9. The van der Waals surface area contributed by atoms with E-state index >= 15 is 0 Å². The third-order valence-electron chi connectivity index (χ3n) is 22.0. The molecule has 0 aliphatic heterocycles. The van der Waals surface area contributed by atoms with Crippen LogP contribution in [0.4, 0.5) is 0 Å². The number of methoxy groups -OCH3 is 2. The van der Waals surface area contributed by atoms with E-state index in [0.29, 0.717) is 61.4 Å². The van der Waals surface area contributed by atoms with E-state index < -0.39 is 71.2 Å². The number of nitrogens with one attached hydrogen (secondary N) is 2. The van der Waals surface area contributed by atoms with E-state index in [1.807, 2.05) is 159 Å². The zero-order valence-electron chi connectivity index (χ0n) is 66.7. The minimum atomic E-state index is -0.670. The number of benzene rings is 7. The van der Waals surface area contributed by atoms with Crippen molar-refractivity contribution >= 4 is 47.6 Å². The summed E-state index contributed by atoms with van der Waals surface area (Å²) in [6, 6.07) is 62.2. The molecule has 0 bridgehead atoms. The van der Waals surface area contributed by atoms with E-state index in [2.05, 4.69) is 75.4 Å². The molecule has 16 atom stereocenters. The molecule has 4 aliphatic carbocycles. The number of hydrogen-bond donors (Lipinski definition) is 2. The van der Waals surface area contributed by atoms with Gasteiger partial charge in [-0.3, -0.25) is 38.4 Å². The van der Waals surface area contributed by atoms with Crippen molar-refractivity contribution < 1.29 is 71.5 Å². The van der Waals surface area contributed by atoms with Gasteiger partial charge in [0.2, 0.25) is 11.8 Å². The van der Waals surface area contributed by atoms with Gasteiger partial charge in [-0.15, -0.1) is 52.6 Å². The number of nitrogens with zero attached hydrogens (tertiary/aromatic N) is 2. The lowest BCUT2D eigenvalue weighted by Gasteiger charge is -2.23. The third-order valence-corrected chi connectivity index (χ3v) is 22.0. The average molecular weight is 1580 g/mol. The third kappa shape index (κ3) is 24.1. The molecule has 117 heavy (non-hydrogen) atoms. The van der Waals surface area contributed by atoms with Crippen LogP contribution in [0, 0.1) is 117 Å². The Morgan fingerprint density at radius 1 is 0.359 bits per heavy atom. The zero-order chi connectivity index (χ0) is 84.3. The smallest absolute Gasteiger partial charge is 0.315 e. The van der Waals surface area contributed by atoms with Crippen LogP contribution in [0.15, 0.2) is 289 Å². The summed E-state index contributed by atoms with van der Waals surface area (Å²) < 4.78 is 37.7. The highest BCUT2D eigenvalue weighted by atomic mass is 16.6. The number of nitriles is 2. The van der Waals surface area contributed by atoms with Gasteiger partial charge in [0.1, 0.15) is 37.9 Å². The Bertz CT molecular complexity index is 4580. The number of hydrogen-bond acceptors (Lipinski definition) is 17. The molecule has 2 N–H and O–H groups in total. The second-order valence-electron chi connectivity index (χ2n) is 28.9. The van der Waals surface area contributed by atoms with Crippen LogP contribution in [-0.2, 0) is 81.8 Å². The Kier molecular flexibility index (Phi) is 35.0. The Balaban J connectivity index is 0.000000196. The summed E-state index contributed by atoms with van der Waals surface area (Å²) in [6.45, 7) is 34.3. The number of allylic oxidation sites excluding steroid dienone is 8. The summed E-state index contributed by atoms with van der Waals surface area (Å²) in [4.78, 5) is 102. The standard InChI is InChI=1S/C27H27NO5.C25H23NO4.C25H27NO3.C21H27NO3/c1-4-19-16-20(5-2)25(24(19)26(29)31-3)27(30)33-15-14-32-23-12-10-22(11-13-23)21-8-6-18(17-28)7-9-21;1-4-17-14-18(5-2)23(22(17)24(27)29-3)25(28)30-21-12-10-20(11-13-21)19-8-6-16(15-26)7-9-19;1-3-20-15-21(4-2)23(25(28)29-17-19-13-9-6-10-14-19)22(20)24(27)26-16-18-11-7-5-8-12-18;1-4-12-22-20(23)18-16(5-2)13-17(6-3)19(18)21(24)25-14-15-10-8-7-9-11-15/h4-13,19-20,24-25H,1-2,14-16H2,3H3;4-13,17-18,22-23H,1-2,14H2,3H3;3-14,20-23H,1-2,15-17H2,(H,26,27);5-11,16-19H,2-4,12-14H2,1H3,(H,22,23). The fourth-order valence-electron chi connectivity index (χ4n) is 15.9. The van der Waals surface area contributed by atoms with Crippen LogP contribution >= 0.6 is 0 Å². The quantitative estimate of drug-likeness (QED) is 0.0134. The Labute approximate surface area is 687 Å². The summed E-state index contributed by atoms with van der Waals surface area (Å²) >= 11 is 0. The lowest BCUT2D eigenvalue weighted by atomic mass is 9.86. The molecule has 4 fully saturated rings. The maximum absolute atomic E-state index is 13.0. The van der Waals surface area contributed by atoms with Gasteiger partial charge in [0.05, 0.1) is 84.8 Å². The molecule has 4 saturated carbocycles. The van der Waals surface area contributed by atoms with Crippen LogP contribution in [0.3, 0.4) is 0 Å². The molecule has 0 saturated heterocycles. The van der Waals surface area contributed by atoms with Crippen LogP contribution in [0.5, 0.6) is 11.5 Å². The van der Waals surface area contributed by atoms with E-state index in [4.69, 9.17) is 43.7 Å². The molecule has 19 heteroatoms. The molecule has 7 aromatic rings.